The molecule has 1 aliphatic rings. The van der Waals surface area contributed by atoms with Crippen molar-refractivity contribution in [3.63, 3.8) is 0 Å². The molecule has 0 N–H and O–H groups in total. The van der Waals surface area contributed by atoms with E-state index in [0.717, 1.165) is 60.8 Å². The normalized spacial score (nSPS) is 14.8. The number of piperazine rings is 1. The van der Waals surface area contributed by atoms with E-state index in [1.54, 1.807) is 12.4 Å². The van der Waals surface area contributed by atoms with Crippen LogP contribution in [0.15, 0.2) is 42.9 Å². The molecule has 0 unspecified atom stereocenters. The third-order valence-corrected chi connectivity index (χ3v) is 5.11. The zero-order valence-electron chi connectivity index (χ0n) is 15.9. The summed E-state index contributed by atoms with van der Waals surface area (Å²) in [5, 5.41) is 13.2. The largest absolute Gasteiger partial charge is 0.353 e. The van der Waals surface area contributed by atoms with Gasteiger partial charge >= 0.3 is 0 Å². The highest BCUT2D eigenvalue weighted by Crippen LogP contribution is 2.21. The molecule has 9 heteroatoms. The predicted octanol–water partition coefficient (Wildman–Crippen LogP) is 1.65. The van der Waals surface area contributed by atoms with Crippen LogP contribution in [0.1, 0.15) is 11.5 Å². The standard InChI is InChI=1S/C19H21N9/c1-14-13-19(28-16(22-14)5-6-21-28)26-11-9-25(10-12-26)17-3-4-18(24-23-17)27-8-7-20-15(27)2/h3-8,13H,9-12H2,1-2H3. The second-order valence-electron chi connectivity index (χ2n) is 6.93. The summed E-state index contributed by atoms with van der Waals surface area (Å²) in [5.41, 5.74) is 1.88. The maximum absolute atomic E-state index is 4.53. The van der Waals surface area contributed by atoms with Gasteiger partial charge in [-0.15, -0.1) is 10.2 Å². The molecule has 0 radical (unpaired) electrons. The van der Waals surface area contributed by atoms with E-state index in [4.69, 9.17) is 0 Å². The molecule has 0 aliphatic carbocycles. The van der Waals surface area contributed by atoms with Crippen molar-refractivity contribution < 1.29 is 0 Å². The molecule has 1 aliphatic heterocycles. The lowest BCUT2D eigenvalue weighted by Crippen LogP contribution is -2.47. The van der Waals surface area contributed by atoms with Crippen molar-refractivity contribution in [2.75, 3.05) is 36.0 Å². The number of aromatic nitrogens is 7. The molecule has 0 spiro atoms. The number of anilines is 2. The van der Waals surface area contributed by atoms with Crippen molar-refractivity contribution in [2.24, 2.45) is 0 Å². The van der Waals surface area contributed by atoms with E-state index < -0.39 is 0 Å². The molecule has 0 amide bonds. The van der Waals surface area contributed by atoms with Crippen LogP contribution in [0.25, 0.3) is 11.5 Å². The van der Waals surface area contributed by atoms with Gasteiger partial charge in [-0.05, 0) is 26.0 Å². The fourth-order valence-corrected chi connectivity index (χ4v) is 3.64. The molecule has 142 valence electrons. The van der Waals surface area contributed by atoms with Crippen LogP contribution >= 0.6 is 0 Å². The first-order valence-electron chi connectivity index (χ1n) is 9.34. The molecule has 1 saturated heterocycles. The highest BCUT2D eigenvalue weighted by molar-refractivity contribution is 5.52. The van der Waals surface area contributed by atoms with Gasteiger partial charge in [0.15, 0.2) is 17.3 Å². The van der Waals surface area contributed by atoms with E-state index in [9.17, 15) is 0 Å². The van der Waals surface area contributed by atoms with Crippen molar-refractivity contribution in [3.05, 3.63) is 54.4 Å². The van der Waals surface area contributed by atoms with Gasteiger partial charge < -0.3 is 9.80 Å². The Morgan fingerprint density at radius 3 is 2.32 bits per heavy atom. The van der Waals surface area contributed by atoms with E-state index in [2.05, 4.69) is 41.1 Å². The second-order valence-corrected chi connectivity index (χ2v) is 6.93. The van der Waals surface area contributed by atoms with Gasteiger partial charge in [-0.2, -0.15) is 9.61 Å². The molecular formula is C19H21N9. The smallest absolute Gasteiger partial charge is 0.160 e. The maximum Gasteiger partial charge on any atom is 0.160 e. The van der Waals surface area contributed by atoms with Crippen LogP contribution in [0, 0.1) is 13.8 Å². The average molecular weight is 375 g/mol. The van der Waals surface area contributed by atoms with Crippen LogP contribution in [0.5, 0.6) is 0 Å². The summed E-state index contributed by atoms with van der Waals surface area (Å²) in [6.07, 6.45) is 5.45. The summed E-state index contributed by atoms with van der Waals surface area (Å²) in [7, 11) is 0. The lowest BCUT2D eigenvalue weighted by atomic mass is 10.3. The summed E-state index contributed by atoms with van der Waals surface area (Å²) in [6.45, 7) is 7.51. The molecule has 5 rings (SSSR count). The van der Waals surface area contributed by atoms with Gasteiger partial charge in [-0.25, -0.2) is 9.97 Å². The Morgan fingerprint density at radius 2 is 1.61 bits per heavy atom. The van der Waals surface area contributed by atoms with E-state index in [1.807, 2.05) is 47.3 Å². The van der Waals surface area contributed by atoms with Crippen molar-refractivity contribution in [1.29, 1.82) is 0 Å². The van der Waals surface area contributed by atoms with Crippen LogP contribution in [0.3, 0.4) is 0 Å². The zero-order valence-corrected chi connectivity index (χ0v) is 15.9. The quantitative estimate of drug-likeness (QED) is 0.539. The maximum atomic E-state index is 4.53. The molecule has 28 heavy (non-hydrogen) atoms. The van der Waals surface area contributed by atoms with E-state index in [-0.39, 0.29) is 0 Å². The predicted molar refractivity (Wildman–Crippen MR) is 106 cm³/mol. The summed E-state index contributed by atoms with van der Waals surface area (Å²) >= 11 is 0. The molecule has 0 aromatic carbocycles. The molecule has 1 fully saturated rings. The van der Waals surface area contributed by atoms with Gasteiger partial charge in [0.25, 0.3) is 0 Å². The summed E-state index contributed by atoms with van der Waals surface area (Å²) < 4.78 is 3.83. The number of hydrogen-bond donors (Lipinski definition) is 0. The van der Waals surface area contributed by atoms with Crippen LogP contribution in [0.4, 0.5) is 11.6 Å². The molecule has 0 atom stereocenters. The minimum Gasteiger partial charge on any atom is -0.353 e. The van der Waals surface area contributed by atoms with Gasteiger partial charge in [-0.3, -0.25) is 4.57 Å². The Bertz CT molecular complexity index is 1100. The van der Waals surface area contributed by atoms with Crippen molar-refractivity contribution >= 4 is 17.3 Å². The number of imidazole rings is 1. The Kier molecular flexibility index (Phi) is 3.92. The van der Waals surface area contributed by atoms with Gasteiger partial charge in [0.05, 0.1) is 6.20 Å². The zero-order chi connectivity index (χ0) is 19.1. The van der Waals surface area contributed by atoms with E-state index in [1.165, 1.54) is 0 Å². The van der Waals surface area contributed by atoms with Crippen LogP contribution in [-0.2, 0) is 0 Å². The van der Waals surface area contributed by atoms with Crippen molar-refractivity contribution in [2.45, 2.75) is 13.8 Å². The van der Waals surface area contributed by atoms with Crippen LogP contribution in [-0.4, -0.2) is 60.5 Å². The molecule has 0 saturated carbocycles. The molecule has 4 aromatic heterocycles. The van der Waals surface area contributed by atoms with Gasteiger partial charge in [0.2, 0.25) is 0 Å². The van der Waals surface area contributed by atoms with Gasteiger partial charge in [0.1, 0.15) is 11.6 Å². The highest BCUT2D eigenvalue weighted by atomic mass is 15.4. The first-order valence-corrected chi connectivity index (χ1v) is 9.34. The Balaban J connectivity index is 1.32. The number of rotatable bonds is 3. The molecule has 5 heterocycles. The molecule has 9 nitrogen and oxygen atoms in total. The first kappa shape index (κ1) is 16.7. The Labute approximate surface area is 162 Å². The SMILES string of the molecule is Cc1cc(N2CCN(c3ccc(-n4ccnc4C)nn3)CC2)n2nccc2n1. The van der Waals surface area contributed by atoms with Crippen LogP contribution in [0.2, 0.25) is 0 Å². The summed E-state index contributed by atoms with van der Waals surface area (Å²) in [6, 6.07) is 8.05. The van der Waals surface area contributed by atoms with E-state index >= 15 is 0 Å². The van der Waals surface area contributed by atoms with Gasteiger partial charge in [-0.1, -0.05) is 0 Å². The number of aryl methyl sites for hydroxylation is 2. The lowest BCUT2D eigenvalue weighted by molar-refractivity contribution is 0.629. The van der Waals surface area contributed by atoms with Crippen LogP contribution < -0.4 is 9.80 Å². The molecular weight excluding hydrogens is 354 g/mol. The minimum atomic E-state index is 0.783. The van der Waals surface area contributed by atoms with Gasteiger partial charge in [0, 0.05) is 56.4 Å². The Hall–Kier alpha value is -3.49. The third kappa shape index (κ3) is 2.84. The number of fused-ring (bicyclic) bond motifs is 1. The number of hydrogen-bond acceptors (Lipinski definition) is 7. The summed E-state index contributed by atoms with van der Waals surface area (Å²) in [5.74, 6) is 3.67. The number of nitrogens with zero attached hydrogens (tertiary/aromatic N) is 9. The van der Waals surface area contributed by atoms with Crippen molar-refractivity contribution in [3.8, 4) is 5.82 Å². The topological polar surface area (TPSA) is 80.3 Å². The lowest BCUT2D eigenvalue weighted by Gasteiger charge is -2.36. The highest BCUT2D eigenvalue weighted by Gasteiger charge is 2.21. The molecule has 0 bridgehead atoms. The van der Waals surface area contributed by atoms with Crippen molar-refractivity contribution in [1.82, 2.24) is 34.3 Å². The second kappa shape index (κ2) is 6.59. The fraction of sp³-hybridized carbons (Fsp3) is 0.316. The Morgan fingerprint density at radius 1 is 0.857 bits per heavy atom. The monoisotopic (exact) mass is 375 g/mol. The first-order chi connectivity index (χ1) is 13.7. The summed E-state index contributed by atoms with van der Waals surface area (Å²) in [4.78, 5) is 13.4. The third-order valence-electron chi connectivity index (χ3n) is 5.11. The minimum absolute atomic E-state index is 0.783. The van der Waals surface area contributed by atoms with E-state index in [0.29, 0.717) is 0 Å². The molecule has 4 aromatic rings. The average Bonchev–Trinajstić information content (AvgIpc) is 3.36. The fourth-order valence-electron chi connectivity index (χ4n) is 3.64.